The molecular formula is C14H17F3N2O2. The fourth-order valence-electron chi connectivity index (χ4n) is 2.42. The molecule has 0 radical (unpaired) electrons. The predicted molar refractivity (Wildman–Crippen MR) is 72.5 cm³/mol. The Kier molecular flexibility index (Phi) is 4.72. The van der Waals surface area contributed by atoms with E-state index in [0.717, 1.165) is 5.69 Å². The van der Waals surface area contributed by atoms with Crippen LogP contribution in [-0.4, -0.2) is 54.9 Å². The molecule has 2 rings (SSSR count). The quantitative estimate of drug-likeness (QED) is 0.924. The van der Waals surface area contributed by atoms with E-state index >= 15 is 0 Å². The Morgan fingerprint density at radius 3 is 2.14 bits per heavy atom. The second-order valence-corrected chi connectivity index (χ2v) is 5.12. The summed E-state index contributed by atoms with van der Waals surface area (Å²) in [5.74, 6) is -0.886. The standard InChI is InChI=1S/C14H17F3N2O2/c15-14(16,17)10-18-5-7-19(8-6-18)12-3-1-11(2-4-12)9-13(20)21/h1-4H,5-10H2,(H,20,21). The molecule has 1 saturated heterocycles. The lowest BCUT2D eigenvalue weighted by molar-refractivity contribution is -0.146. The Morgan fingerprint density at radius 1 is 1.10 bits per heavy atom. The molecule has 0 aromatic heterocycles. The first-order valence-electron chi connectivity index (χ1n) is 6.68. The number of anilines is 1. The van der Waals surface area contributed by atoms with Crippen LogP contribution in [0.5, 0.6) is 0 Å². The molecule has 1 aliphatic heterocycles. The van der Waals surface area contributed by atoms with Gasteiger partial charge < -0.3 is 10.0 Å². The van der Waals surface area contributed by atoms with Crippen molar-refractivity contribution in [2.45, 2.75) is 12.6 Å². The molecule has 1 heterocycles. The van der Waals surface area contributed by atoms with Crippen LogP contribution in [0.15, 0.2) is 24.3 Å². The largest absolute Gasteiger partial charge is 0.481 e. The van der Waals surface area contributed by atoms with E-state index in [1.165, 1.54) is 4.90 Å². The zero-order chi connectivity index (χ0) is 15.5. The van der Waals surface area contributed by atoms with Gasteiger partial charge in [0.2, 0.25) is 0 Å². The Balaban J connectivity index is 1.88. The van der Waals surface area contributed by atoms with Gasteiger partial charge >= 0.3 is 12.1 Å². The number of hydrogen-bond acceptors (Lipinski definition) is 3. The van der Waals surface area contributed by atoms with Crippen molar-refractivity contribution in [3.8, 4) is 0 Å². The third-order valence-corrected chi connectivity index (χ3v) is 3.43. The van der Waals surface area contributed by atoms with E-state index in [1.54, 1.807) is 12.1 Å². The second kappa shape index (κ2) is 6.34. The highest BCUT2D eigenvalue weighted by atomic mass is 19.4. The predicted octanol–water partition coefficient (Wildman–Crippen LogP) is 2.00. The Morgan fingerprint density at radius 2 is 1.67 bits per heavy atom. The molecule has 0 atom stereocenters. The lowest BCUT2D eigenvalue weighted by atomic mass is 10.1. The van der Waals surface area contributed by atoms with Crippen LogP contribution >= 0.6 is 0 Å². The highest BCUT2D eigenvalue weighted by Gasteiger charge is 2.32. The number of carboxylic acids is 1. The summed E-state index contributed by atoms with van der Waals surface area (Å²) in [7, 11) is 0. The zero-order valence-corrected chi connectivity index (χ0v) is 11.4. The Bertz CT molecular complexity index is 480. The molecule has 0 unspecified atom stereocenters. The molecular weight excluding hydrogens is 285 g/mol. The van der Waals surface area contributed by atoms with Gasteiger partial charge in [-0.3, -0.25) is 9.69 Å². The van der Waals surface area contributed by atoms with Gasteiger partial charge in [-0.1, -0.05) is 12.1 Å². The van der Waals surface area contributed by atoms with Crippen LogP contribution in [0, 0.1) is 0 Å². The monoisotopic (exact) mass is 302 g/mol. The summed E-state index contributed by atoms with van der Waals surface area (Å²) < 4.78 is 36.9. The van der Waals surface area contributed by atoms with Crippen LogP contribution in [-0.2, 0) is 11.2 Å². The van der Waals surface area contributed by atoms with Gasteiger partial charge in [-0.05, 0) is 17.7 Å². The van der Waals surface area contributed by atoms with Crippen LogP contribution in [0.3, 0.4) is 0 Å². The second-order valence-electron chi connectivity index (χ2n) is 5.12. The minimum absolute atomic E-state index is 0.0281. The highest BCUT2D eigenvalue weighted by Crippen LogP contribution is 2.21. The minimum Gasteiger partial charge on any atom is -0.481 e. The summed E-state index contributed by atoms with van der Waals surface area (Å²) in [6.45, 7) is 0.952. The Hall–Kier alpha value is -1.76. The summed E-state index contributed by atoms with van der Waals surface area (Å²) in [4.78, 5) is 14.0. The van der Waals surface area contributed by atoms with Gasteiger partial charge in [0.25, 0.3) is 0 Å². The van der Waals surface area contributed by atoms with Gasteiger partial charge in [0.1, 0.15) is 0 Å². The first-order valence-corrected chi connectivity index (χ1v) is 6.68. The van der Waals surface area contributed by atoms with Crippen molar-refractivity contribution in [3.05, 3.63) is 29.8 Å². The minimum atomic E-state index is -4.15. The fraction of sp³-hybridized carbons (Fsp3) is 0.500. The molecule has 116 valence electrons. The number of carboxylic acid groups (broad SMARTS) is 1. The topological polar surface area (TPSA) is 43.8 Å². The number of nitrogens with zero attached hydrogens (tertiary/aromatic N) is 2. The van der Waals surface area contributed by atoms with E-state index in [2.05, 4.69) is 0 Å². The van der Waals surface area contributed by atoms with E-state index in [9.17, 15) is 18.0 Å². The van der Waals surface area contributed by atoms with Gasteiger partial charge in [0.05, 0.1) is 13.0 Å². The van der Waals surface area contributed by atoms with Crippen LogP contribution in [0.4, 0.5) is 18.9 Å². The third kappa shape index (κ3) is 4.93. The molecule has 1 aliphatic rings. The van der Waals surface area contributed by atoms with E-state index in [4.69, 9.17) is 5.11 Å². The lowest BCUT2D eigenvalue weighted by Crippen LogP contribution is -2.49. The number of aliphatic carboxylic acids is 1. The summed E-state index contributed by atoms with van der Waals surface area (Å²) in [6.07, 6.45) is -4.18. The average Bonchev–Trinajstić information content (AvgIpc) is 2.38. The number of halogens is 3. The number of hydrogen-bond donors (Lipinski definition) is 1. The maximum atomic E-state index is 12.3. The van der Waals surface area contributed by atoms with Crippen molar-refractivity contribution in [1.29, 1.82) is 0 Å². The molecule has 0 bridgehead atoms. The summed E-state index contributed by atoms with van der Waals surface area (Å²) >= 11 is 0. The van der Waals surface area contributed by atoms with Gasteiger partial charge in [0.15, 0.2) is 0 Å². The maximum absolute atomic E-state index is 12.3. The molecule has 1 N–H and O–H groups in total. The fourth-order valence-corrected chi connectivity index (χ4v) is 2.42. The first-order chi connectivity index (χ1) is 9.83. The van der Waals surface area contributed by atoms with Crippen molar-refractivity contribution < 1.29 is 23.1 Å². The van der Waals surface area contributed by atoms with Crippen molar-refractivity contribution >= 4 is 11.7 Å². The van der Waals surface area contributed by atoms with Gasteiger partial charge in [-0.2, -0.15) is 13.2 Å². The van der Waals surface area contributed by atoms with E-state index in [1.807, 2.05) is 17.0 Å². The molecule has 1 aromatic carbocycles. The average molecular weight is 302 g/mol. The van der Waals surface area contributed by atoms with Crippen LogP contribution in [0.1, 0.15) is 5.56 Å². The molecule has 21 heavy (non-hydrogen) atoms. The molecule has 1 fully saturated rings. The lowest BCUT2D eigenvalue weighted by Gasteiger charge is -2.36. The van der Waals surface area contributed by atoms with Crippen molar-refractivity contribution in [2.75, 3.05) is 37.6 Å². The molecule has 0 saturated carbocycles. The molecule has 1 aromatic rings. The molecule has 0 amide bonds. The SMILES string of the molecule is O=C(O)Cc1ccc(N2CCN(CC(F)(F)F)CC2)cc1. The smallest absolute Gasteiger partial charge is 0.401 e. The first kappa shape index (κ1) is 15.6. The summed E-state index contributed by atoms with van der Waals surface area (Å²) in [6, 6.07) is 7.12. The molecule has 7 heteroatoms. The van der Waals surface area contributed by atoms with Crippen molar-refractivity contribution in [3.63, 3.8) is 0 Å². The normalized spacial score (nSPS) is 17.0. The van der Waals surface area contributed by atoms with E-state index in [-0.39, 0.29) is 6.42 Å². The van der Waals surface area contributed by atoms with E-state index in [0.29, 0.717) is 31.7 Å². The zero-order valence-electron chi connectivity index (χ0n) is 11.4. The van der Waals surface area contributed by atoms with Crippen LogP contribution < -0.4 is 4.90 Å². The van der Waals surface area contributed by atoms with Crippen LogP contribution in [0.2, 0.25) is 0 Å². The van der Waals surface area contributed by atoms with Crippen molar-refractivity contribution in [1.82, 2.24) is 4.90 Å². The number of rotatable bonds is 4. The number of piperazine rings is 1. The van der Waals surface area contributed by atoms with Gasteiger partial charge in [0, 0.05) is 31.9 Å². The number of carbonyl (C=O) groups is 1. The number of alkyl halides is 3. The summed E-state index contributed by atoms with van der Waals surface area (Å²) in [5.41, 5.74) is 1.62. The maximum Gasteiger partial charge on any atom is 0.401 e. The van der Waals surface area contributed by atoms with Gasteiger partial charge in [-0.25, -0.2) is 0 Å². The van der Waals surface area contributed by atoms with Gasteiger partial charge in [-0.15, -0.1) is 0 Å². The third-order valence-electron chi connectivity index (χ3n) is 3.43. The highest BCUT2D eigenvalue weighted by molar-refractivity contribution is 5.70. The van der Waals surface area contributed by atoms with Crippen molar-refractivity contribution in [2.24, 2.45) is 0 Å². The number of benzene rings is 1. The molecule has 4 nitrogen and oxygen atoms in total. The van der Waals surface area contributed by atoms with Crippen LogP contribution in [0.25, 0.3) is 0 Å². The molecule has 0 spiro atoms. The Labute approximate surface area is 120 Å². The molecule has 0 aliphatic carbocycles. The summed E-state index contributed by atoms with van der Waals surface area (Å²) in [5, 5.41) is 8.70. The van der Waals surface area contributed by atoms with E-state index < -0.39 is 18.7 Å².